The van der Waals surface area contributed by atoms with Crippen LogP contribution in [0.1, 0.15) is 23.0 Å². The number of nitrogens with zero attached hydrogens (tertiary/aromatic N) is 4. The lowest BCUT2D eigenvalue weighted by Gasteiger charge is -2.16. The first kappa shape index (κ1) is 15.6. The third-order valence-corrected chi connectivity index (χ3v) is 5.27. The zero-order valence-corrected chi connectivity index (χ0v) is 15.0. The van der Waals surface area contributed by atoms with E-state index in [4.69, 9.17) is 10.8 Å². The average Bonchev–Trinajstić information content (AvgIpc) is 3.05. The van der Waals surface area contributed by atoms with E-state index in [0.717, 1.165) is 32.2 Å². The molecule has 0 fully saturated rings. The van der Waals surface area contributed by atoms with E-state index in [1.54, 1.807) is 16.4 Å². The monoisotopic (exact) mass is 399 g/mol. The summed E-state index contributed by atoms with van der Waals surface area (Å²) in [6, 6.07) is 17.6. The van der Waals surface area contributed by atoms with Gasteiger partial charge in [-0.1, -0.05) is 70.2 Å². The highest BCUT2D eigenvalue weighted by molar-refractivity contribution is 9.10. The first-order valence-corrected chi connectivity index (χ1v) is 9.22. The van der Waals surface area contributed by atoms with E-state index >= 15 is 0 Å². The van der Waals surface area contributed by atoms with Crippen molar-refractivity contribution < 1.29 is 0 Å². The van der Waals surface area contributed by atoms with E-state index in [9.17, 15) is 0 Å². The van der Waals surface area contributed by atoms with Gasteiger partial charge >= 0.3 is 0 Å². The van der Waals surface area contributed by atoms with Gasteiger partial charge in [0.25, 0.3) is 0 Å². The van der Waals surface area contributed by atoms with Crippen molar-refractivity contribution in [2.24, 2.45) is 10.8 Å². The van der Waals surface area contributed by atoms with Crippen molar-refractivity contribution >= 4 is 33.4 Å². The second kappa shape index (κ2) is 6.51. The molecule has 3 aromatic rings. The van der Waals surface area contributed by atoms with E-state index in [1.165, 1.54) is 0 Å². The van der Waals surface area contributed by atoms with Gasteiger partial charge in [-0.25, -0.2) is 0 Å². The second-order valence-corrected chi connectivity index (χ2v) is 7.24. The largest absolute Gasteiger partial charge is 0.318 e. The van der Waals surface area contributed by atoms with Crippen LogP contribution in [0.15, 0.2) is 69.3 Å². The maximum absolute atomic E-state index is 6.38. The molecule has 0 saturated carbocycles. The highest BCUT2D eigenvalue weighted by atomic mass is 79.9. The van der Waals surface area contributed by atoms with E-state index < -0.39 is 0 Å². The van der Waals surface area contributed by atoms with Crippen LogP contribution in [0.3, 0.4) is 0 Å². The van der Waals surface area contributed by atoms with E-state index in [-0.39, 0.29) is 6.04 Å². The summed E-state index contributed by atoms with van der Waals surface area (Å²) in [6.07, 6.45) is 0. The molecular formula is C17H14BrN5S. The quantitative estimate of drug-likeness (QED) is 0.731. The summed E-state index contributed by atoms with van der Waals surface area (Å²) in [5.41, 5.74) is 9.44. The zero-order valence-electron chi connectivity index (χ0n) is 12.6. The lowest BCUT2D eigenvalue weighted by atomic mass is 10.1. The molecule has 1 unspecified atom stereocenters. The number of nitrogens with two attached hydrogens (primary N) is 1. The van der Waals surface area contributed by atoms with E-state index in [0.29, 0.717) is 5.82 Å². The Bertz CT molecular complexity index is 889. The SMILES string of the molecule is NC(c1ccccc1)c1nnc2n1N=C(c1ccc(Br)cc1)CS2. The smallest absolute Gasteiger partial charge is 0.212 e. The minimum Gasteiger partial charge on any atom is -0.318 e. The molecule has 2 N–H and O–H groups in total. The van der Waals surface area contributed by atoms with Crippen LogP contribution in [0.2, 0.25) is 0 Å². The minimum atomic E-state index is -0.360. The Labute approximate surface area is 152 Å². The number of fused-ring (bicyclic) bond motifs is 1. The summed E-state index contributed by atoms with van der Waals surface area (Å²) in [5, 5.41) is 14.0. The van der Waals surface area contributed by atoms with Gasteiger partial charge in [0.15, 0.2) is 5.82 Å². The van der Waals surface area contributed by atoms with Gasteiger partial charge in [0.2, 0.25) is 5.16 Å². The molecule has 5 nitrogen and oxygen atoms in total. The Balaban J connectivity index is 1.73. The maximum atomic E-state index is 6.38. The summed E-state index contributed by atoms with van der Waals surface area (Å²) in [5.74, 6) is 1.42. The number of rotatable bonds is 3. The molecule has 24 heavy (non-hydrogen) atoms. The fourth-order valence-corrected chi connectivity index (χ4v) is 3.64. The van der Waals surface area contributed by atoms with Crippen molar-refractivity contribution in [1.29, 1.82) is 0 Å². The Kier molecular flexibility index (Phi) is 4.22. The standard InChI is InChI=1S/C17H14BrN5S/c18-13-8-6-11(7-9-13)14-10-24-17-21-20-16(23(17)22-14)15(19)12-4-2-1-3-5-12/h1-9,15H,10,19H2. The molecule has 120 valence electrons. The van der Waals surface area contributed by atoms with E-state index in [2.05, 4.69) is 38.3 Å². The maximum Gasteiger partial charge on any atom is 0.212 e. The molecule has 0 amide bonds. The lowest BCUT2D eigenvalue weighted by molar-refractivity contribution is 0.666. The third kappa shape index (κ3) is 2.90. The number of aromatic nitrogens is 3. The molecule has 0 radical (unpaired) electrons. The highest BCUT2D eigenvalue weighted by Crippen LogP contribution is 2.28. The fraction of sp³-hybridized carbons (Fsp3) is 0.118. The summed E-state index contributed by atoms with van der Waals surface area (Å²) in [7, 11) is 0. The van der Waals surface area contributed by atoms with Crippen molar-refractivity contribution in [1.82, 2.24) is 14.9 Å². The van der Waals surface area contributed by atoms with Crippen molar-refractivity contribution in [2.75, 3.05) is 5.75 Å². The van der Waals surface area contributed by atoms with Crippen LogP contribution in [-0.4, -0.2) is 26.3 Å². The molecule has 0 spiro atoms. The van der Waals surface area contributed by atoms with Gasteiger partial charge in [0, 0.05) is 10.2 Å². The minimum absolute atomic E-state index is 0.360. The average molecular weight is 400 g/mol. The van der Waals surface area contributed by atoms with Crippen LogP contribution in [-0.2, 0) is 0 Å². The Morgan fingerprint density at radius 2 is 1.79 bits per heavy atom. The molecule has 1 aromatic heterocycles. The predicted molar refractivity (Wildman–Crippen MR) is 99.3 cm³/mol. The zero-order chi connectivity index (χ0) is 16.5. The molecule has 0 aliphatic carbocycles. The van der Waals surface area contributed by atoms with Crippen LogP contribution in [0, 0.1) is 0 Å². The lowest BCUT2D eigenvalue weighted by Crippen LogP contribution is -2.20. The predicted octanol–water partition coefficient (Wildman–Crippen LogP) is 3.45. The number of hydrogen-bond acceptors (Lipinski definition) is 5. The number of halogens is 1. The van der Waals surface area contributed by atoms with Gasteiger partial charge in [-0.2, -0.15) is 9.78 Å². The molecule has 2 heterocycles. The molecule has 4 rings (SSSR count). The van der Waals surface area contributed by atoms with Crippen LogP contribution in [0.4, 0.5) is 0 Å². The van der Waals surface area contributed by atoms with Gasteiger partial charge in [-0.3, -0.25) is 0 Å². The molecule has 1 aliphatic heterocycles. The van der Waals surface area contributed by atoms with Gasteiger partial charge in [0.1, 0.15) is 0 Å². The van der Waals surface area contributed by atoms with Gasteiger partial charge in [-0.15, -0.1) is 10.2 Å². The van der Waals surface area contributed by atoms with Gasteiger partial charge < -0.3 is 5.73 Å². The topological polar surface area (TPSA) is 69.1 Å². The molecule has 1 aliphatic rings. The van der Waals surface area contributed by atoms with Crippen LogP contribution in [0.25, 0.3) is 0 Å². The Morgan fingerprint density at radius 3 is 2.54 bits per heavy atom. The van der Waals surface area contributed by atoms with E-state index in [1.807, 2.05) is 42.5 Å². The number of thioether (sulfide) groups is 1. The fourth-order valence-electron chi connectivity index (χ4n) is 2.53. The summed E-state index contributed by atoms with van der Waals surface area (Å²) < 4.78 is 2.82. The van der Waals surface area contributed by atoms with Crippen LogP contribution >= 0.6 is 27.7 Å². The van der Waals surface area contributed by atoms with Crippen molar-refractivity contribution in [2.45, 2.75) is 11.2 Å². The first-order chi connectivity index (χ1) is 11.7. The molecule has 0 bridgehead atoms. The van der Waals surface area contributed by atoms with Crippen molar-refractivity contribution in [3.63, 3.8) is 0 Å². The summed E-state index contributed by atoms with van der Waals surface area (Å²) >= 11 is 5.08. The van der Waals surface area contributed by atoms with Crippen molar-refractivity contribution in [3.05, 3.63) is 76.0 Å². The van der Waals surface area contributed by atoms with Crippen LogP contribution < -0.4 is 5.73 Å². The molecule has 0 saturated heterocycles. The van der Waals surface area contributed by atoms with Gasteiger partial charge in [-0.05, 0) is 23.3 Å². The Morgan fingerprint density at radius 1 is 1.04 bits per heavy atom. The van der Waals surface area contributed by atoms with Crippen LogP contribution in [0.5, 0.6) is 0 Å². The second-order valence-electron chi connectivity index (χ2n) is 5.38. The molecular weight excluding hydrogens is 386 g/mol. The number of benzene rings is 2. The van der Waals surface area contributed by atoms with Gasteiger partial charge in [0.05, 0.1) is 11.8 Å². The van der Waals surface area contributed by atoms with Crippen molar-refractivity contribution in [3.8, 4) is 0 Å². The first-order valence-electron chi connectivity index (χ1n) is 7.45. The highest BCUT2D eigenvalue weighted by Gasteiger charge is 2.24. The Hall–Kier alpha value is -1.96. The summed E-state index contributed by atoms with van der Waals surface area (Å²) in [6.45, 7) is 0. The number of hydrogen-bond donors (Lipinski definition) is 1. The normalized spacial score (nSPS) is 14.8. The molecule has 7 heteroatoms. The molecule has 1 atom stereocenters. The third-order valence-electron chi connectivity index (χ3n) is 3.81. The molecule has 2 aromatic carbocycles. The summed E-state index contributed by atoms with van der Waals surface area (Å²) in [4.78, 5) is 0.